The molecule has 51 heavy (non-hydrogen) atoms. The number of rotatable bonds is 7. The van der Waals surface area contributed by atoms with E-state index in [-0.39, 0.29) is 23.8 Å². The number of phenolic OH excluding ortho intramolecular Hbond substituents is 1. The van der Waals surface area contributed by atoms with Crippen LogP contribution in [0, 0.1) is 0 Å². The van der Waals surface area contributed by atoms with Crippen molar-refractivity contribution in [3.8, 4) is 34.1 Å². The number of phenols is 2. The number of para-hydroxylation sites is 2. The Morgan fingerprint density at radius 1 is 0.686 bits per heavy atom. The number of aliphatic hydroxyl groups is 1. The van der Waals surface area contributed by atoms with Gasteiger partial charge in [0.1, 0.15) is 23.0 Å². The number of benzene rings is 5. The Morgan fingerprint density at radius 3 is 2.06 bits per heavy atom. The molecule has 0 radical (unpaired) electrons. The van der Waals surface area contributed by atoms with E-state index in [1.807, 2.05) is 105 Å². The summed E-state index contributed by atoms with van der Waals surface area (Å²) >= 11 is 0. The van der Waals surface area contributed by atoms with Crippen molar-refractivity contribution < 1.29 is 33.5 Å². The molecule has 5 aromatic carbocycles. The third-order valence-electron chi connectivity index (χ3n) is 10.4. The molecule has 0 saturated heterocycles. The van der Waals surface area contributed by atoms with Gasteiger partial charge in [-0.05, 0) is 65.4 Å². The minimum absolute atomic E-state index is 0.0217. The number of hydrogen-bond acceptors (Lipinski definition) is 7. The van der Waals surface area contributed by atoms with Gasteiger partial charge in [0.05, 0.1) is 24.2 Å². The molecular weight excluding hydrogens is 678 g/mol. The normalized spacial score (nSPS) is 20.4. The molecule has 5 aromatic rings. The zero-order valence-corrected chi connectivity index (χ0v) is 30.2. The second-order valence-electron chi connectivity index (χ2n) is 13.9. The number of aliphatic hydroxyl groups excluding tert-OH is 1. The van der Waals surface area contributed by atoms with E-state index in [9.17, 15) is 24.4 Å². The number of allylic oxidation sites excluding steroid dienone is 4. The SMILES string of the molecule is CC(C)(c1ccc(O)c(CP2(=O)Oc3ccccc3C3=C2CCC=C3)c1)c1cc(CO)c(O)c(CP2(=O)Oc3ccccc3-c3ccccc32)c1. The summed E-state index contributed by atoms with van der Waals surface area (Å²) in [4.78, 5) is 0. The minimum Gasteiger partial charge on any atom is -0.508 e. The van der Waals surface area contributed by atoms with Crippen molar-refractivity contribution in [3.05, 3.63) is 154 Å². The van der Waals surface area contributed by atoms with Gasteiger partial charge in [-0.25, -0.2) is 0 Å². The summed E-state index contributed by atoms with van der Waals surface area (Å²) in [5, 5.41) is 34.2. The molecule has 0 spiro atoms. The van der Waals surface area contributed by atoms with Gasteiger partial charge in [-0.15, -0.1) is 0 Å². The fourth-order valence-electron chi connectivity index (χ4n) is 7.53. The molecule has 0 saturated carbocycles. The maximum atomic E-state index is 14.8. The maximum absolute atomic E-state index is 14.8. The number of fused-ring (bicyclic) bond motifs is 5. The van der Waals surface area contributed by atoms with Gasteiger partial charge >= 0.3 is 0 Å². The van der Waals surface area contributed by atoms with Crippen LogP contribution in [0.2, 0.25) is 0 Å². The predicted octanol–water partition coefficient (Wildman–Crippen LogP) is 10.0. The van der Waals surface area contributed by atoms with Gasteiger partial charge in [0.25, 0.3) is 14.7 Å². The highest BCUT2D eigenvalue weighted by Gasteiger charge is 2.40. The zero-order valence-electron chi connectivity index (χ0n) is 28.4. The Kier molecular flexibility index (Phi) is 8.14. The van der Waals surface area contributed by atoms with E-state index in [1.165, 1.54) is 0 Å². The van der Waals surface area contributed by atoms with Crippen molar-refractivity contribution in [1.82, 2.24) is 0 Å². The van der Waals surface area contributed by atoms with Crippen LogP contribution in [-0.2, 0) is 33.5 Å². The highest BCUT2D eigenvalue weighted by molar-refractivity contribution is 7.67. The Morgan fingerprint density at radius 2 is 1.29 bits per heavy atom. The van der Waals surface area contributed by atoms with Crippen molar-refractivity contribution in [2.24, 2.45) is 0 Å². The lowest BCUT2D eigenvalue weighted by Crippen LogP contribution is -2.21. The first-order chi connectivity index (χ1) is 24.5. The quantitative estimate of drug-likeness (QED) is 0.144. The summed E-state index contributed by atoms with van der Waals surface area (Å²) in [6, 6.07) is 31.5. The van der Waals surface area contributed by atoms with Crippen LogP contribution in [0.3, 0.4) is 0 Å². The molecule has 2 aliphatic heterocycles. The Balaban J connectivity index is 1.16. The third-order valence-corrected chi connectivity index (χ3v) is 15.3. The number of hydrogen-bond donors (Lipinski definition) is 3. The van der Waals surface area contributed by atoms with Crippen molar-refractivity contribution in [1.29, 1.82) is 0 Å². The predicted molar refractivity (Wildman–Crippen MR) is 201 cm³/mol. The first-order valence-electron chi connectivity index (χ1n) is 17.1. The van der Waals surface area contributed by atoms with Crippen LogP contribution in [0.15, 0.2) is 121 Å². The van der Waals surface area contributed by atoms with Crippen LogP contribution in [0.1, 0.15) is 60.1 Å². The lowest BCUT2D eigenvalue weighted by atomic mass is 9.76. The molecule has 2 heterocycles. The van der Waals surface area contributed by atoms with E-state index >= 15 is 0 Å². The summed E-state index contributed by atoms with van der Waals surface area (Å²) in [5.41, 5.74) is 5.58. The van der Waals surface area contributed by atoms with E-state index in [0.29, 0.717) is 39.9 Å². The van der Waals surface area contributed by atoms with Gasteiger partial charge in [0.2, 0.25) is 0 Å². The van der Waals surface area contributed by atoms with Crippen LogP contribution in [0.5, 0.6) is 23.0 Å². The third kappa shape index (κ3) is 5.65. The largest absolute Gasteiger partial charge is 0.508 e. The van der Waals surface area contributed by atoms with Gasteiger partial charge in [0, 0.05) is 38.5 Å². The molecule has 2 unspecified atom stereocenters. The highest BCUT2D eigenvalue weighted by atomic mass is 31.2. The zero-order chi connectivity index (χ0) is 35.5. The molecule has 7 nitrogen and oxygen atoms in total. The van der Waals surface area contributed by atoms with E-state index in [4.69, 9.17) is 9.05 Å². The van der Waals surface area contributed by atoms with E-state index in [2.05, 4.69) is 6.08 Å². The smallest absolute Gasteiger partial charge is 0.282 e. The lowest BCUT2D eigenvalue weighted by molar-refractivity contribution is 0.275. The molecule has 0 aromatic heterocycles. The molecule has 8 rings (SSSR count). The fourth-order valence-corrected chi connectivity index (χ4v) is 12.5. The molecule has 0 fully saturated rings. The van der Waals surface area contributed by atoms with Gasteiger partial charge in [0.15, 0.2) is 0 Å². The van der Waals surface area contributed by atoms with E-state index < -0.39 is 26.8 Å². The topological polar surface area (TPSA) is 113 Å². The van der Waals surface area contributed by atoms with Crippen molar-refractivity contribution in [3.63, 3.8) is 0 Å². The molecular formula is C42H38O7P2. The first kappa shape index (κ1) is 33.3. The van der Waals surface area contributed by atoms with Crippen LogP contribution in [-0.4, -0.2) is 15.3 Å². The monoisotopic (exact) mass is 716 g/mol. The van der Waals surface area contributed by atoms with Crippen molar-refractivity contribution >= 4 is 25.6 Å². The van der Waals surface area contributed by atoms with E-state index in [0.717, 1.165) is 45.1 Å². The van der Waals surface area contributed by atoms with Crippen molar-refractivity contribution in [2.75, 3.05) is 0 Å². The summed E-state index contributed by atoms with van der Waals surface area (Å²) in [7, 11) is -6.98. The van der Waals surface area contributed by atoms with Crippen molar-refractivity contribution in [2.45, 2.75) is 51.0 Å². The Hall–Kier alpha value is -4.80. The van der Waals surface area contributed by atoms with E-state index in [1.54, 1.807) is 18.2 Å². The average molecular weight is 717 g/mol. The van der Waals surface area contributed by atoms with Gasteiger partial charge in [-0.2, -0.15) is 0 Å². The molecule has 3 N–H and O–H groups in total. The highest BCUT2D eigenvalue weighted by Crippen LogP contribution is 2.66. The second kappa shape index (κ2) is 12.5. The lowest BCUT2D eigenvalue weighted by Gasteiger charge is -2.33. The summed E-state index contributed by atoms with van der Waals surface area (Å²) in [5.74, 6) is 0.986. The molecule has 3 aliphatic rings. The maximum Gasteiger partial charge on any atom is 0.282 e. The molecule has 2 atom stereocenters. The second-order valence-corrected chi connectivity index (χ2v) is 18.6. The van der Waals surface area contributed by atoms with Crippen LogP contribution >= 0.6 is 14.7 Å². The summed E-state index contributed by atoms with van der Waals surface area (Å²) in [6.45, 7) is 3.59. The average Bonchev–Trinajstić information content (AvgIpc) is 3.13. The Labute approximate surface area is 297 Å². The molecule has 0 bridgehead atoms. The standard InChI is InChI=1S/C42H38O7P2/c1-42(2,30-19-20-36(44)28(22-30)25-50(46)39-17-9-5-13-34(39)32-11-3-7-15-37(32)48-50)31-21-27(24-43)41(45)29(23-31)26-51(47)40-18-10-6-14-35(40)33-12-4-8-16-38(33)49-51/h3-8,10-16,18-23,43-45H,9,17,24-26H2,1-2H3. The van der Waals surface area contributed by atoms with Gasteiger partial charge < -0.3 is 24.4 Å². The first-order valence-corrected chi connectivity index (χ1v) is 20.7. The fraction of sp³-hybridized carbons (Fsp3) is 0.190. The van der Waals surface area contributed by atoms with Crippen LogP contribution in [0.4, 0.5) is 0 Å². The van der Waals surface area contributed by atoms with Gasteiger partial charge in [-0.1, -0.05) is 98.8 Å². The van der Waals surface area contributed by atoms with Crippen LogP contribution in [0.25, 0.3) is 16.7 Å². The number of aromatic hydroxyl groups is 2. The van der Waals surface area contributed by atoms with Gasteiger partial charge in [-0.3, -0.25) is 9.13 Å². The Bertz CT molecular complexity index is 2390. The summed E-state index contributed by atoms with van der Waals surface area (Å²) in [6.07, 6.45) is 5.43. The molecule has 0 amide bonds. The van der Waals surface area contributed by atoms with Crippen LogP contribution < -0.4 is 14.4 Å². The molecule has 9 heteroatoms. The minimum atomic E-state index is -3.57. The summed E-state index contributed by atoms with van der Waals surface area (Å²) < 4.78 is 42.1. The molecule has 258 valence electrons. The molecule has 1 aliphatic carbocycles.